The van der Waals surface area contributed by atoms with E-state index < -0.39 is 17.8 Å². The monoisotopic (exact) mass is 320 g/mol. The van der Waals surface area contributed by atoms with E-state index in [0.29, 0.717) is 18.6 Å². The van der Waals surface area contributed by atoms with Gasteiger partial charge in [0.15, 0.2) is 11.5 Å². The van der Waals surface area contributed by atoms with Gasteiger partial charge < -0.3 is 24.8 Å². The molecule has 1 unspecified atom stereocenters. The maximum atomic E-state index is 10.9. The van der Waals surface area contributed by atoms with Crippen molar-refractivity contribution >= 4 is 0 Å². The van der Waals surface area contributed by atoms with Gasteiger partial charge in [-0.2, -0.15) is 0 Å². The number of allylic oxidation sites excluding steroid dienone is 1. The molecule has 5 heteroatoms. The lowest BCUT2D eigenvalue weighted by molar-refractivity contribution is -0.206. The predicted molar refractivity (Wildman–Crippen MR) is 85.4 cm³/mol. The van der Waals surface area contributed by atoms with Crippen LogP contribution in [0, 0.1) is 5.92 Å². The van der Waals surface area contributed by atoms with Gasteiger partial charge in [-0.1, -0.05) is 12.1 Å². The topological polar surface area (TPSA) is 79.2 Å². The van der Waals surface area contributed by atoms with Crippen molar-refractivity contribution in [1.29, 1.82) is 0 Å². The first-order valence-electron chi connectivity index (χ1n) is 7.93. The summed E-state index contributed by atoms with van der Waals surface area (Å²) in [4.78, 5) is 0. The van der Waals surface area contributed by atoms with Crippen molar-refractivity contribution in [2.75, 3.05) is 7.11 Å². The predicted octanol–water partition coefficient (Wildman–Crippen LogP) is 2.31. The largest absolute Gasteiger partial charge is 0.504 e. The summed E-state index contributed by atoms with van der Waals surface area (Å²) in [6, 6.07) is 5.09. The van der Waals surface area contributed by atoms with Crippen molar-refractivity contribution in [2.45, 2.75) is 50.6 Å². The second-order valence-electron chi connectivity index (χ2n) is 6.82. The van der Waals surface area contributed by atoms with Crippen molar-refractivity contribution in [1.82, 2.24) is 0 Å². The SMILES string of the molecule is COc1ccc([C@@H]2CC(C)(O)[C@@H]3CC=C(C)[C@@H](O)[C@@H]3O2)cc1O. The fourth-order valence-corrected chi connectivity index (χ4v) is 3.69. The molecule has 126 valence electrons. The maximum absolute atomic E-state index is 10.9. The Morgan fingerprint density at radius 1 is 1.35 bits per heavy atom. The molecule has 1 fully saturated rings. The average Bonchev–Trinajstić information content (AvgIpc) is 2.50. The van der Waals surface area contributed by atoms with Gasteiger partial charge in [0, 0.05) is 12.3 Å². The molecule has 3 rings (SSSR count). The van der Waals surface area contributed by atoms with Crippen LogP contribution in [0.2, 0.25) is 0 Å². The molecule has 0 saturated carbocycles. The number of ether oxygens (including phenoxy) is 2. The van der Waals surface area contributed by atoms with Gasteiger partial charge in [-0.05, 0) is 43.5 Å². The molecule has 1 aromatic carbocycles. The van der Waals surface area contributed by atoms with Gasteiger partial charge in [0.05, 0.1) is 24.9 Å². The van der Waals surface area contributed by atoms with E-state index in [-0.39, 0.29) is 17.8 Å². The summed E-state index contributed by atoms with van der Waals surface area (Å²) in [5.41, 5.74) is 0.697. The zero-order chi connectivity index (χ0) is 16.8. The standard InChI is InChI=1S/C18H24O5/c1-10-4-6-12-17(16(10)20)23-15(9-18(12,2)21)11-5-7-14(22-3)13(19)8-11/h4-5,7-8,12,15-17,19-21H,6,9H2,1-3H3/t12-,15+,16-,17-,18?/m1/s1. The number of phenolic OH excluding ortho intramolecular Hbond substituents is 1. The lowest BCUT2D eigenvalue weighted by Crippen LogP contribution is -2.55. The number of aromatic hydroxyl groups is 1. The van der Waals surface area contributed by atoms with E-state index in [9.17, 15) is 15.3 Å². The minimum absolute atomic E-state index is 0.0376. The van der Waals surface area contributed by atoms with Crippen molar-refractivity contribution < 1.29 is 24.8 Å². The van der Waals surface area contributed by atoms with Crippen LogP contribution < -0.4 is 4.74 Å². The molecule has 23 heavy (non-hydrogen) atoms. The number of methoxy groups -OCH3 is 1. The fourth-order valence-electron chi connectivity index (χ4n) is 3.69. The Bertz CT molecular complexity index is 622. The molecule has 1 aliphatic heterocycles. The molecule has 0 aromatic heterocycles. The molecule has 0 radical (unpaired) electrons. The summed E-state index contributed by atoms with van der Waals surface area (Å²) in [6.07, 6.45) is 1.54. The Hall–Kier alpha value is -1.56. The van der Waals surface area contributed by atoms with Crippen molar-refractivity contribution in [3.63, 3.8) is 0 Å². The van der Waals surface area contributed by atoms with E-state index in [4.69, 9.17) is 9.47 Å². The van der Waals surface area contributed by atoms with Crippen LogP contribution in [0.3, 0.4) is 0 Å². The maximum Gasteiger partial charge on any atom is 0.160 e. The molecular formula is C18H24O5. The second-order valence-corrected chi connectivity index (χ2v) is 6.82. The van der Waals surface area contributed by atoms with E-state index in [1.165, 1.54) is 7.11 Å². The molecule has 5 atom stereocenters. The second kappa shape index (κ2) is 5.82. The molecule has 3 N–H and O–H groups in total. The number of hydrogen-bond donors (Lipinski definition) is 3. The van der Waals surface area contributed by atoms with E-state index in [1.54, 1.807) is 19.1 Å². The summed E-state index contributed by atoms with van der Waals surface area (Å²) in [7, 11) is 1.49. The quantitative estimate of drug-likeness (QED) is 0.729. The number of hydrogen-bond acceptors (Lipinski definition) is 5. The van der Waals surface area contributed by atoms with Crippen LogP contribution in [0.25, 0.3) is 0 Å². The summed E-state index contributed by atoms with van der Waals surface area (Å²) in [5.74, 6) is 0.297. The first-order valence-corrected chi connectivity index (χ1v) is 7.93. The van der Waals surface area contributed by atoms with Crippen LogP contribution in [-0.4, -0.2) is 40.2 Å². The smallest absolute Gasteiger partial charge is 0.160 e. The van der Waals surface area contributed by atoms with Crippen LogP contribution in [0.1, 0.15) is 38.4 Å². The van der Waals surface area contributed by atoms with Gasteiger partial charge >= 0.3 is 0 Å². The highest BCUT2D eigenvalue weighted by Gasteiger charge is 2.49. The fraction of sp³-hybridized carbons (Fsp3) is 0.556. The molecule has 5 nitrogen and oxygen atoms in total. The number of benzene rings is 1. The highest BCUT2D eigenvalue weighted by atomic mass is 16.5. The molecule has 1 aliphatic carbocycles. The molecule has 1 aromatic rings. The van der Waals surface area contributed by atoms with Gasteiger partial charge in [0.2, 0.25) is 0 Å². The van der Waals surface area contributed by atoms with Crippen LogP contribution in [0.5, 0.6) is 11.5 Å². The van der Waals surface area contributed by atoms with E-state index in [1.807, 2.05) is 19.1 Å². The molecular weight excluding hydrogens is 296 g/mol. The zero-order valence-corrected chi connectivity index (χ0v) is 13.7. The van der Waals surface area contributed by atoms with E-state index in [2.05, 4.69) is 0 Å². The van der Waals surface area contributed by atoms with Crippen LogP contribution in [0.4, 0.5) is 0 Å². The Labute approximate surface area is 136 Å². The van der Waals surface area contributed by atoms with Gasteiger partial charge in [0.1, 0.15) is 6.10 Å². The Morgan fingerprint density at radius 2 is 2.09 bits per heavy atom. The Balaban J connectivity index is 1.91. The lowest BCUT2D eigenvalue weighted by Gasteiger charge is -2.49. The summed E-state index contributed by atoms with van der Waals surface area (Å²) >= 11 is 0. The molecule has 0 bridgehead atoms. The first-order chi connectivity index (χ1) is 10.8. The number of aliphatic hydroxyl groups excluding tert-OH is 1. The Kier molecular flexibility index (Phi) is 4.12. The highest BCUT2D eigenvalue weighted by Crippen LogP contribution is 2.47. The van der Waals surface area contributed by atoms with E-state index >= 15 is 0 Å². The van der Waals surface area contributed by atoms with Gasteiger partial charge in [0.25, 0.3) is 0 Å². The number of aliphatic hydroxyl groups is 2. The zero-order valence-electron chi connectivity index (χ0n) is 13.7. The summed E-state index contributed by atoms with van der Waals surface area (Å²) in [5, 5.41) is 31.3. The third kappa shape index (κ3) is 2.84. The van der Waals surface area contributed by atoms with Gasteiger partial charge in [-0.3, -0.25) is 0 Å². The van der Waals surface area contributed by atoms with E-state index in [0.717, 1.165) is 11.1 Å². The first kappa shape index (κ1) is 16.3. The number of rotatable bonds is 2. The lowest BCUT2D eigenvalue weighted by atomic mass is 9.70. The highest BCUT2D eigenvalue weighted by molar-refractivity contribution is 5.42. The minimum Gasteiger partial charge on any atom is -0.504 e. The molecule has 1 saturated heterocycles. The van der Waals surface area contributed by atoms with Crippen molar-refractivity contribution in [2.24, 2.45) is 5.92 Å². The summed E-state index contributed by atoms with van der Waals surface area (Å²) in [6.45, 7) is 3.67. The molecule has 0 spiro atoms. The van der Waals surface area contributed by atoms with Crippen LogP contribution in [0.15, 0.2) is 29.8 Å². The average molecular weight is 320 g/mol. The third-order valence-corrected chi connectivity index (χ3v) is 5.16. The number of fused-ring (bicyclic) bond motifs is 1. The van der Waals surface area contributed by atoms with Crippen LogP contribution >= 0.6 is 0 Å². The van der Waals surface area contributed by atoms with Crippen molar-refractivity contribution in [3.05, 3.63) is 35.4 Å². The molecule has 1 heterocycles. The van der Waals surface area contributed by atoms with Gasteiger partial charge in [-0.15, -0.1) is 0 Å². The van der Waals surface area contributed by atoms with Crippen LogP contribution in [-0.2, 0) is 4.74 Å². The number of phenols is 1. The van der Waals surface area contributed by atoms with Crippen molar-refractivity contribution in [3.8, 4) is 11.5 Å². The van der Waals surface area contributed by atoms with Gasteiger partial charge in [-0.25, -0.2) is 0 Å². The Morgan fingerprint density at radius 3 is 2.74 bits per heavy atom. The third-order valence-electron chi connectivity index (χ3n) is 5.16. The molecule has 2 aliphatic rings. The summed E-state index contributed by atoms with van der Waals surface area (Å²) < 4.78 is 11.2. The molecule has 0 amide bonds. The normalized spacial score (nSPS) is 37.0. The minimum atomic E-state index is -0.943.